The van der Waals surface area contributed by atoms with Crippen LogP contribution in [-0.2, 0) is 4.79 Å². The van der Waals surface area contributed by atoms with Crippen molar-refractivity contribution in [2.75, 3.05) is 20.8 Å². The average molecular weight is 267 g/mol. The second kappa shape index (κ2) is 6.99. The lowest BCUT2D eigenvalue weighted by Crippen LogP contribution is -2.24. The Morgan fingerprint density at radius 2 is 1.79 bits per heavy atom. The molecule has 5 heteroatoms. The van der Waals surface area contributed by atoms with Crippen LogP contribution in [0.5, 0.6) is 11.5 Å². The van der Waals surface area contributed by atoms with Gasteiger partial charge in [-0.25, -0.2) is 0 Å². The van der Waals surface area contributed by atoms with Crippen LogP contribution in [0, 0.1) is 5.92 Å². The molecule has 0 fully saturated rings. The molecule has 106 valence electrons. The van der Waals surface area contributed by atoms with Crippen molar-refractivity contribution in [2.24, 2.45) is 11.7 Å². The molecule has 0 radical (unpaired) electrons. The van der Waals surface area contributed by atoms with Gasteiger partial charge in [-0.05, 0) is 30.0 Å². The summed E-state index contributed by atoms with van der Waals surface area (Å²) in [6, 6.07) is 5.57. The third kappa shape index (κ3) is 4.13. The molecule has 0 saturated heterocycles. The van der Waals surface area contributed by atoms with Gasteiger partial charge in [0.05, 0.1) is 20.1 Å². The highest BCUT2D eigenvalue weighted by Crippen LogP contribution is 2.30. The van der Waals surface area contributed by atoms with Gasteiger partial charge in [-0.2, -0.15) is 0 Å². The van der Waals surface area contributed by atoms with Crippen LogP contribution in [0.2, 0.25) is 0 Å². The fourth-order valence-electron chi connectivity index (χ4n) is 1.97. The Morgan fingerprint density at radius 3 is 2.16 bits per heavy atom. The van der Waals surface area contributed by atoms with Gasteiger partial charge < -0.3 is 20.3 Å². The van der Waals surface area contributed by atoms with Crippen molar-refractivity contribution in [3.05, 3.63) is 23.8 Å². The van der Waals surface area contributed by atoms with E-state index in [4.69, 9.17) is 20.3 Å². The molecule has 0 aliphatic heterocycles. The van der Waals surface area contributed by atoms with Gasteiger partial charge in [0.2, 0.25) is 0 Å². The Bertz CT molecular complexity index is 411. The van der Waals surface area contributed by atoms with Gasteiger partial charge in [0.25, 0.3) is 0 Å². The van der Waals surface area contributed by atoms with Crippen molar-refractivity contribution < 1.29 is 19.4 Å². The highest BCUT2D eigenvalue weighted by atomic mass is 16.5. The smallest absolute Gasteiger partial charge is 0.307 e. The first-order valence-corrected chi connectivity index (χ1v) is 6.17. The summed E-state index contributed by atoms with van der Waals surface area (Å²) < 4.78 is 10.4. The Labute approximate surface area is 113 Å². The maximum absolute atomic E-state index is 11.0. The third-order valence-electron chi connectivity index (χ3n) is 3.21. The maximum atomic E-state index is 11.0. The number of rotatable bonds is 7. The van der Waals surface area contributed by atoms with Gasteiger partial charge in [-0.1, -0.05) is 6.92 Å². The Balaban J connectivity index is 2.91. The standard InChI is InChI=1S/C14H21NO4/c1-9(4-11(8-15)14(16)17)10-5-12(18-2)7-13(6-10)19-3/h5-7,9,11H,4,8,15H2,1-3H3,(H,16,17). The molecule has 0 saturated carbocycles. The fourth-order valence-corrected chi connectivity index (χ4v) is 1.97. The van der Waals surface area contributed by atoms with Crippen molar-refractivity contribution in [1.29, 1.82) is 0 Å². The second-order valence-electron chi connectivity index (χ2n) is 4.55. The number of aliphatic carboxylic acids is 1. The third-order valence-corrected chi connectivity index (χ3v) is 3.21. The second-order valence-corrected chi connectivity index (χ2v) is 4.55. The van der Waals surface area contributed by atoms with Crippen LogP contribution >= 0.6 is 0 Å². The fraction of sp³-hybridized carbons (Fsp3) is 0.500. The van der Waals surface area contributed by atoms with Gasteiger partial charge in [0, 0.05) is 12.6 Å². The summed E-state index contributed by atoms with van der Waals surface area (Å²) in [6.45, 7) is 2.11. The molecule has 0 amide bonds. The van der Waals surface area contributed by atoms with Crippen molar-refractivity contribution in [1.82, 2.24) is 0 Å². The maximum Gasteiger partial charge on any atom is 0.307 e. The van der Waals surface area contributed by atoms with E-state index in [1.807, 2.05) is 19.1 Å². The first kappa shape index (κ1) is 15.3. The molecule has 0 bridgehead atoms. The minimum atomic E-state index is -0.857. The number of methoxy groups -OCH3 is 2. The lowest BCUT2D eigenvalue weighted by Gasteiger charge is -2.18. The van der Waals surface area contributed by atoms with Crippen LogP contribution in [0.4, 0.5) is 0 Å². The summed E-state index contributed by atoms with van der Waals surface area (Å²) >= 11 is 0. The van der Waals surface area contributed by atoms with Gasteiger partial charge in [-0.3, -0.25) is 4.79 Å². The molecule has 3 N–H and O–H groups in total. The normalized spacial score (nSPS) is 13.7. The van der Waals surface area contributed by atoms with E-state index in [0.717, 1.165) is 5.56 Å². The van der Waals surface area contributed by atoms with Gasteiger partial charge in [-0.15, -0.1) is 0 Å². The van der Waals surface area contributed by atoms with Gasteiger partial charge in [0.1, 0.15) is 11.5 Å². The van der Waals surface area contributed by atoms with E-state index >= 15 is 0 Å². The number of carboxylic acid groups (broad SMARTS) is 1. The number of benzene rings is 1. The zero-order valence-corrected chi connectivity index (χ0v) is 11.6. The molecule has 0 aliphatic carbocycles. The number of nitrogens with two attached hydrogens (primary N) is 1. The lowest BCUT2D eigenvalue weighted by atomic mass is 9.90. The van der Waals surface area contributed by atoms with Crippen molar-refractivity contribution in [3.8, 4) is 11.5 Å². The molecule has 1 aromatic rings. The van der Waals surface area contributed by atoms with Crippen molar-refractivity contribution in [2.45, 2.75) is 19.3 Å². The highest BCUT2D eigenvalue weighted by Gasteiger charge is 2.20. The molecular formula is C14H21NO4. The first-order chi connectivity index (χ1) is 9.01. The van der Waals surface area contributed by atoms with E-state index < -0.39 is 11.9 Å². The molecule has 5 nitrogen and oxygen atoms in total. The van der Waals surface area contributed by atoms with Gasteiger partial charge >= 0.3 is 5.97 Å². The predicted octanol–water partition coefficient (Wildman–Crippen LogP) is 1.86. The van der Waals surface area contributed by atoms with Crippen LogP contribution in [0.1, 0.15) is 24.8 Å². The summed E-state index contributed by atoms with van der Waals surface area (Å²) in [5.41, 5.74) is 6.46. The molecule has 1 rings (SSSR count). The molecule has 2 unspecified atom stereocenters. The molecule has 0 aliphatic rings. The Kier molecular flexibility index (Phi) is 5.63. The lowest BCUT2D eigenvalue weighted by molar-refractivity contribution is -0.141. The van der Waals surface area contributed by atoms with E-state index in [9.17, 15) is 4.79 Å². The molecule has 0 spiro atoms. The van der Waals surface area contributed by atoms with Crippen LogP contribution < -0.4 is 15.2 Å². The number of hydrogen-bond acceptors (Lipinski definition) is 4. The number of carboxylic acids is 1. The minimum absolute atomic E-state index is 0.0636. The zero-order chi connectivity index (χ0) is 14.4. The molecule has 2 atom stereocenters. The predicted molar refractivity (Wildman–Crippen MR) is 72.8 cm³/mol. The summed E-state index contributed by atoms with van der Waals surface area (Å²) in [7, 11) is 3.17. The van der Waals surface area contributed by atoms with E-state index in [-0.39, 0.29) is 12.5 Å². The molecule has 0 heterocycles. The Hall–Kier alpha value is -1.75. The first-order valence-electron chi connectivity index (χ1n) is 6.17. The quantitative estimate of drug-likeness (QED) is 0.788. The van der Waals surface area contributed by atoms with E-state index in [1.165, 1.54) is 0 Å². The summed E-state index contributed by atoms with van der Waals surface area (Å²) in [5.74, 6) is 0.0618. The molecule has 19 heavy (non-hydrogen) atoms. The van der Waals surface area contributed by atoms with Crippen LogP contribution in [0.25, 0.3) is 0 Å². The molecule has 0 aromatic heterocycles. The highest BCUT2D eigenvalue weighted by molar-refractivity contribution is 5.70. The summed E-state index contributed by atoms with van der Waals surface area (Å²) in [4.78, 5) is 11.0. The number of carbonyl (C=O) groups is 1. The van der Waals surface area contributed by atoms with E-state index in [0.29, 0.717) is 17.9 Å². The topological polar surface area (TPSA) is 81.8 Å². The minimum Gasteiger partial charge on any atom is -0.497 e. The van der Waals surface area contributed by atoms with Crippen LogP contribution in [-0.4, -0.2) is 31.8 Å². The largest absolute Gasteiger partial charge is 0.497 e. The molecule has 1 aromatic carbocycles. The number of ether oxygens (including phenoxy) is 2. The monoisotopic (exact) mass is 267 g/mol. The summed E-state index contributed by atoms with van der Waals surface area (Å²) in [5, 5.41) is 9.04. The van der Waals surface area contributed by atoms with E-state index in [1.54, 1.807) is 20.3 Å². The van der Waals surface area contributed by atoms with Crippen molar-refractivity contribution >= 4 is 5.97 Å². The SMILES string of the molecule is COc1cc(OC)cc(C(C)CC(CN)C(=O)O)c1. The van der Waals surface area contributed by atoms with Gasteiger partial charge in [0.15, 0.2) is 0 Å². The number of hydrogen-bond donors (Lipinski definition) is 2. The Morgan fingerprint density at radius 1 is 1.26 bits per heavy atom. The van der Waals surface area contributed by atoms with Crippen molar-refractivity contribution in [3.63, 3.8) is 0 Å². The van der Waals surface area contributed by atoms with E-state index in [2.05, 4.69) is 0 Å². The average Bonchev–Trinajstić information content (AvgIpc) is 2.43. The molecular weight excluding hydrogens is 246 g/mol. The van der Waals surface area contributed by atoms with Crippen LogP contribution in [0.15, 0.2) is 18.2 Å². The van der Waals surface area contributed by atoms with Crippen LogP contribution in [0.3, 0.4) is 0 Å². The zero-order valence-electron chi connectivity index (χ0n) is 11.6. The summed E-state index contributed by atoms with van der Waals surface area (Å²) in [6.07, 6.45) is 0.488.